The van der Waals surface area contributed by atoms with Crippen LogP contribution in [0, 0.1) is 5.92 Å². The highest BCUT2D eigenvalue weighted by atomic mass is 32.1. The van der Waals surface area contributed by atoms with Crippen LogP contribution in [0.4, 0.5) is 0 Å². The number of carbonyl (C=O) groups is 3. The monoisotopic (exact) mass is 371 g/mol. The van der Waals surface area contributed by atoms with Crippen molar-refractivity contribution in [1.82, 2.24) is 4.90 Å². The minimum absolute atomic E-state index is 0.0214. The summed E-state index contributed by atoms with van der Waals surface area (Å²) < 4.78 is 0. The molecule has 5 nitrogen and oxygen atoms in total. The van der Waals surface area contributed by atoms with E-state index < -0.39 is 5.97 Å². The Morgan fingerprint density at radius 2 is 1.88 bits per heavy atom. The van der Waals surface area contributed by atoms with Crippen LogP contribution in [-0.4, -0.2) is 40.8 Å². The molecule has 1 saturated heterocycles. The van der Waals surface area contributed by atoms with Gasteiger partial charge in [0.2, 0.25) is 0 Å². The van der Waals surface area contributed by atoms with Crippen LogP contribution >= 0.6 is 11.3 Å². The molecule has 1 aliphatic heterocycles. The quantitative estimate of drug-likeness (QED) is 0.813. The van der Waals surface area contributed by atoms with Gasteiger partial charge >= 0.3 is 5.97 Å². The molecule has 2 aromatic rings. The Morgan fingerprint density at radius 1 is 1.19 bits per heavy atom. The van der Waals surface area contributed by atoms with Gasteiger partial charge in [-0.2, -0.15) is 0 Å². The number of Topliss-reactive ketones (excluding diaryl/α,β-unsaturated/α-hetero) is 1. The van der Waals surface area contributed by atoms with Crippen molar-refractivity contribution in [3.05, 3.63) is 57.3 Å². The zero-order chi connectivity index (χ0) is 18.7. The Bertz CT molecular complexity index is 834. The highest BCUT2D eigenvalue weighted by Crippen LogP contribution is 2.26. The molecule has 6 heteroatoms. The normalized spacial score (nSPS) is 15.0. The summed E-state index contributed by atoms with van der Waals surface area (Å²) in [6.45, 7) is 2.81. The molecule has 1 aromatic carbocycles. The van der Waals surface area contributed by atoms with E-state index in [1.165, 1.54) is 18.3 Å². The number of amides is 1. The Balaban J connectivity index is 1.60. The number of carboxylic acid groups (broad SMARTS) is 1. The number of nitrogens with zero attached hydrogens (tertiary/aromatic N) is 1. The summed E-state index contributed by atoms with van der Waals surface area (Å²) in [7, 11) is 0. The van der Waals surface area contributed by atoms with Crippen LogP contribution in [-0.2, 0) is 6.42 Å². The smallest absolute Gasteiger partial charge is 0.335 e. The third-order valence-electron chi connectivity index (χ3n) is 4.87. The molecule has 0 radical (unpaired) electrons. The van der Waals surface area contributed by atoms with E-state index in [2.05, 4.69) is 0 Å². The van der Waals surface area contributed by atoms with Crippen molar-refractivity contribution in [2.45, 2.75) is 26.2 Å². The van der Waals surface area contributed by atoms with Crippen LogP contribution in [0.5, 0.6) is 0 Å². The maximum Gasteiger partial charge on any atom is 0.335 e. The van der Waals surface area contributed by atoms with Crippen LogP contribution in [0.15, 0.2) is 35.7 Å². The molecule has 1 amide bonds. The molecule has 0 spiro atoms. The second-order valence-corrected chi connectivity index (χ2v) is 7.57. The topological polar surface area (TPSA) is 74.7 Å². The van der Waals surface area contributed by atoms with Gasteiger partial charge in [-0.1, -0.05) is 18.2 Å². The zero-order valence-electron chi connectivity index (χ0n) is 14.6. The molecule has 26 heavy (non-hydrogen) atoms. The molecule has 3 rings (SSSR count). The largest absolute Gasteiger partial charge is 0.478 e. The number of hydrogen-bond acceptors (Lipinski definition) is 4. The second kappa shape index (κ2) is 7.83. The van der Waals surface area contributed by atoms with Gasteiger partial charge < -0.3 is 10.0 Å². The number of thiophene rings is 1. The number of rotatable bonds is 5. The van der Waals surface area contributed by atoms with Crippen LogP contribution < -0.4 is 0 Å². The number of piperidine rings is 1. The molecule has 1 aromatic heterocycles. The Hall–Kier alpha value is -2.47. The van der Waals surface area contributed by atoms with Crippen molar-refractivity contribution in [2.75, 3.05) is 13.1 Å². The molecule has 1 fully saturated rings. The minimum atomic E-state index is -0.896. The van der Waals surface area contributed by atoms with Gasteiger partial charge in [-0.05, 0) is 49.8 Å². The number of ketones is 1. The number of hydrogen-bond donors (Lipinski definition) is 1. The lowest BCUT2D eigenvalue weighted by Gasteiger charge is -2.32. The maximum absolute atomic E-state index is 12.6. The molecule has 0 saturated carbocycles. The number of benzene rings is 1. The highest BCUT2D eigenvalue weighted by Gasteiger charge is 2.25. The molecular formula is C20H21NO4S. The van der Waals surface area contributed by atoms with Crippen molar-refractivity contribution in [3.63, 3.8) is 0 Å². The van der Waals surface area contributed by atoms with Gasteiger partial charge in [0, 0.05) is 24.0 Å². The van der Waals surface area contributed by atoms with E-state index in [9.17, 15) is 19.5 Å². The zero-order valence-corrected chi connectivity index (χ0v) is 15.4. The Kier molecular flexibility index (Phi) is 5.52. The van der Waals surface area contributed by atoms with Crippen LogP contribution in [0.1, 0.15) is 55.7 Å². The summed E-state index contributed by atoms with van der Waals surface area (Å²) in [5.41, 5.74) is 1.80. The fraction of sp³-hybridized carbons (Fsp3) is 0.350. The van der Waals surface area contributed by atoms with Gasteiger partial charge in [-0.3, -0.25) is 9.59 Å². The average Bonchev–Trinajstić information content (AvgIpc) is 3.12. The van der Waals surface area contributed by atoms with Crippen molar-refractivity contribution in [3.8, 4) is 0 Å². The predicted octanol–water partition coefficient (Wildman–Crippen LogP) is 3.74. The Labute approximate surface area is 156 Å². The van der Waals surface area contributed by atoms with Crippen molar-refractivity contribution in [1.29, 1.82) is 0 Å². The van der Waals surface area contributed by atoms with E-state index >= 15 is 0 Å². The third-order valence-corrected chi connectivity index (χ3v) is 5.79. The van der Waals surface area contributed by atoms with Gasteiger partial charge in [-0.15, -0.1) is 11.3 Å². The van der Waals surface area contributed by atoms with Gasteiger partial charge in [0.05, 0.1) is 10.4 Å². The number of carboxylic acids is 1. The van der Waals surface area contributed by atoms with Crippen LogP contribution in [0.2, 0.25) is 0 Å². The van der Waals surface area contributed by atoms with E-state index in [-0.39, 0.29) is 11.7 Å². The van der Waals surface area contributed by atoms with Crippen LogP contribution in [0.3, 0.4) is 0 Å². The van der Waals surface area contributed by atoms with Gasteiger partial charge in [0.15, 0.2) is 5.78 Å². The third kappa shape index (κ3) is 4.02. The summed E-state index contributed by atoms with van der Waals surface area (Å²) in [4.78, 5) is 37.7. The minimum Gasteiger partial charge on any atom is -0.478 e. The van der Waals surface area contributed by atoms with Gasteiger partial charge in [0.1, 0.15) is 0 Å². The molecule has 1 aliphatic rings. The van der Waals surface area contributed by atoms with E-state index in [0.717, 1.165) is 24.8 Å². The first-order valence-corrected chi connectivity index (χ1v) is 9.53. The summed E-state index contributed by atoms with van der Waals surface area (Å²) in [5.74, 6) is -0.578. The van der Waals surface area contributed by atoms with Crippen molar-refractivity contribution < 1.29 is 19.5 Å². The molecule has 1 N–H and O–H groups in total. The highest BCUT2D eigenvalue weighted by molar-refractivity contribution is 7.12. The molecule has 2 heterocycles. The standard InChI is InChI=1S/C20H21NO4S/c1-13(22)16-11-18(26-12-16)19(23)21-8-6-14(7-9-21)10-15-4-2-3-5-17(15)20(24)25/h2-5,11-12,14H,6-10H2,1H3,(H,24,25). The molecule has 0 atom stereocenters. The van der Waals surface area contributed by atoms with E-state index in [1.54, 1.807) is 23.6 Å². The summed E-state index contributed by atoms with van der Waals surface area (Å²) in [6.07, 6.45) is 2.42. The van der Waals surface area contributed by atoms with Crippen molar-refractivity contribution >= 4 is 29.0 Å². The van der Waals surface area contributed by atoms with Crippen molar-refractivity contribution in [2.24, 2.45) is 5.92 Å². The van der Waals surface area contributed by atoms with Crippen LogP contribution in [0.25, 0.3) is 0 Å². The number of carbonyl (C=O) groups excluding carboxylic acids is 2. The number of aromatic carboxylic acids is 1. The second-order valence-electron chi connectivity index (χ2n) is 6.66. The first kappa shape index (κ1) is 18.3. The Morgan fingerprint density at radius 3 is 2.50 bits per heavy atom. The lowest BCUT2D eigenvalue weighted by atomic mass is 9.88. The van der Waals surface area contributed by atoms with Gasteiger partial charge in [0.25, 0.3) is 5.91 Å². The van der Waals surface area contributed by atoms with Gasteiger partial charge in [-0.25, -0.2) is 4.79 Å². The summed E-state index contributed by atoms with van der Waals surface area (Å²) >= 11 is 1.31. The number of likely N-dealkylation sites (tertiary alicyclic amines) is 1. The summed E-state index contributed by atoms with van der Waals surface area (Å²) in [5, 5.41) is 11.0. The molecular weight excluding hydrogens is 350 g/mol. The summed E-state index contributed by atoms with van der Waals surface area (Å²) in [6, 6.07) is 8.79. The molecule has 0 unspecified atom stereocenters. The van der Waals surface area contributed by atoms with E-state index in [4.69, 9.17) is 0 Å². The predicted molar refractivity (Wildman–Crippen MR) is 100 cm³/mol. The first-order valence-electron chi connectivity index (χ1n) is 8.65. The fourth-order valence-corrected chi connectivity index (χ4v) is 4.26. The fourth-order valence-electron chi connectivity index (χ4n) is 3.35. The van der Waals surface area contributed by atoms with E-state index in [1.807, 2.05) is 17.0 Å². The SMILES string of the molecule is CC(=O)c1csc(C(=O)N2CCC(Cc3ccccc3C(=O)O)CC2)c1. The molecule has 0 bridgehead atoms. The lowest BCUT2D eigenvalue weighted by molar-refractivity contribution is 0.0694. The maximum atomic E-state index is 12.6. The molecule has 0 aliphatic carbocycles. The molecule has 136 valence electrons. The first-order chi connectivity index (χ1) is 12.5. The lowest BCUT2D eigenvalue weighted by Crippen LogP contribution is -2.38. The van der Waals surface area contributed by atoms with E-state index in [0.29, 0.717) is 35.0 Å². The average molecular weight is 371 g/mol.